The van der Waals surface area contributed by atoms with Crippen molar-refractivity contribution in [2.45, 2.75) is 6.92 Å². The SMILES string of the molecule is CCOCC(C(=O)OC)C(=O)OC. The molecule has 5 heteroatoms. The third-order valence-corrected chi connectivity index (χ3v) is 1.46. The van der Waals surface area contributed by atoms with Crippen LogP contribution in [0, 0.1) is 5.92 Å². The van der Waals surface area contributed by atoms with Gasteiger partial charge in [0, 0.05) is 6.61 Å². The number of esters is 2. The summed E-state index contributed by atoms with van der Waals surface area (Å²) < 4.78 is 13.8. The van der Waals surface area contributed by atoms with Crippen LogP contribution in [-0.4, -0.2) is 39.4 Å². The van der Waals surface area contributed by atoms with Gasteiger partial charge in [0.05, 0.1) is 20.8 Å². The highest BCUT2D eigenvalue weighted by Gasteiger charge is 2.28. The minimum Gasteiger partial charge on any atom is -0.468 e. The summed E-state index contributed by atoms with van der Waals surface area (Å²) in [6.45, 7) is 2.20. The van der Waals surface area contributed by atoms with E-state index in [0.717, 1.165) is 0 Å². The molecule has 0 amide bonds. The molecule has 0 aromatic heterocycles. The van der Waals surface area contributed by atoms with Crippen LogP contribution in [0.25, 0.3) is 0 Å². The summed E-state index contributed by atoms with van der Waals surface area (Å²) in [5.74, 6) is -2.25. The van der Waals surface area contributed by atoms with Crippen LogP contribution in [0.15, 0.2) is 0 Å². The van der Waals surface area contributed by atoms with Crippen molar-refractivity contribution in [1.82, 2.24) is 0 Å². The van der Waals surface area contributed by atoms with E-state index in [-0.39, 0.29) is 6.61 Å². The first-order valence-electron chi connectivity index (χ1n) is 3.90. The summed E-state index contributed by atoms with van der Waals surface area (Å²) in [6.07, 6.45) is 0. The molecule has 0 atom stereocenters. The van der Waals surface area contributed by atoms with Crippen molar-refractivity contribution in [2.24, 2.45) is 5.92 Å². The summed E-state index contributed by atoms with van der Waals surface area (Å²) in [4.78, 5) is 22.0. The molecule has 13 heavy (non-hydrogen) atoms. The van der Waals surface area contributed by atoms with Gasteiger partial charge in [-0.05, 0) is 6.92 Å². The van der Waals surface area contributed by atoms with Crippen molar-refractivity contribution in [1.29, 1.82) is 0 Å². The van der Waals surface area contributed by atoms with Crippen molar-refractivity contribution in [3.8, 4) is 0 Å². The summed E-state index contributed by atoms with van der Waals surface area (Å²) in [6, 6.07) is 0. The normalized spacial score (nSPS) is 9.85. The summed E-state index contributed by atoms with van der Waals surface area (Å²) in [5, 5.41) is 0. The molecule has 0 saturated heterocycles. The Labute approximate surface area is 77.0 Å². The molecule has 5 nitrogen and oxygen atoms in total. The van der Waals surface area contributed by atoms with Crippen molar-refractivity contribution >= 4 is 11.9 Å². The van der Waals surface area contributed by atoms with E-state index in [1.165, 1.54) is 14.2 Å². The van der Waals surface area contributed by atoms with Crippen LogP contribution in [0.2, 0.25) is 0 Å². The third-order valence-electron chi connectivity index (χ3n) is 1.46. The molecule has 0 saturated carbocycles. The van der Waals surface area contributed by atoms with Crippen molar-refractivity contribution in [2.75, 3.05) is 27.4 Å². The molecular weight excluding hydrogens is 176 g/mol. The lowest BCUT2D eigenvalue weighted by atomic mass is 10.2. The van der Waals surface area contributed by atoms with Gasteiger partial charge in [-0.15, -0.1) is 0 Å². The molecule has 76 valence electrons. The molecule has 0 aliphatic heterocycles. The first kappa shape index (κ1) is 11.9. The highest BCUT2D eigenvalue weighted by Crippen LogP contribution is 2.02. The van der Waals surface area contributed by atoms with E-state index in [0.29, 0.717) is 6.61 Å². The molecule has 0 aromatic rings. The maximum Gasteiger partial charge on any atom is 0.322 e. The standard InChI is InChI=1S/C8H14O5/c1-4-13-5-6(7(9)11-2)8(10)12-3/h6H,4-5H2,1-3H3. The maximum atomic E-state index is 11.0. The summed E-state index contributed by atoms with van der Waals surface area (Å²) in [5.41, 5.74) is 0. The Morgan fingerprint density at radius 2 is 1.62 bits per heavy atom. The highest BCUT2D eigenvalue weighted by molar-refractivity contribution is 5.94. The molecule has 0 aliphatic rings. The van der Waals surface area contributed by atoms with E-state index in [1.807, 2.05) is 0 Å². The zero-order valence-corrected chi connectivity index (χ0v) is 8.03. The molecule has 0 aliphatic carbocycles. The number of hydrogen-bond acceptors (Lipinski definition) is 5. The number of rotatable bonds is 5. The lowest BCUT2D eigenvalue weighted by Crippen LogP contribution is -2.30. The molecule has 0 bridgehead atoms. The molecule has 0 unspecified atom stereocenters. The van der Waals surface area contributed by atoms with Crippen molar-refractivity contribution in [3.05, 3.63) is 0 Å². The molecule has 0 rings (SSSR count). The summed E-state index contributed by atoms with van der Waals surface area (Å²) in [7, 11) is 2.43. The lowest BCUT2D eigenvalue weighted by Gasteiger charge is -2.11. The predicted molar refractivity (Wildman–Crippen MR) is 44.0 cm³/mol. The van der Waals surface area contributed by atoms with Gasteiger partial charge in [-0.3, -0.25) is 9.59 Å². The fraction of sp³-hybridized carbons (Fsp3) is 0.750. The monoisotopic (exact) mass is 190 g/mol. The Morgan fingerprint density at radius 1 is 1.15 bits per heavy atom. The maximum absolute atomic E-state index is 11.0. The van der Waals surface area contributed by atoms with Crippen LogP contribution in [0.1, 0.15) is 6.92 Å². The molecule has 0 heterocycles. The summed E-state index contributed by atoms with van der Waals surface area (Å²) >= 11 is 0. The molecule has 0 fully saturated rings. The minimum absolute atomic E-state index is 0.00412. The second-order valence-electron chi connectivity index (χ2n) is 2.26. The molecule has 0 aromatic carbocycles. The van der Waals surface area contributed by atoms with Crippen LogP contribution in [0.5, 0.6) is 0 Å². The van der Waals surface area contributed by atoms with E-state index in [4.69, 9.17) is 4.74 Å². The second-order valence-corrected chi connectivity index (χ2v) is 2.26. The van der Waals surface area contributed by atoms with Gasteiger partial charge in [0.25, 0.3) is 0 Å². The van der Waals surface area contributed by atoms with Crippen LogP contribution in [0.4, 0.5) is 0 Å². The number of carbonyl (C=O) groups is 2. The molecule has 0 radical (unpaired) electrons. The minimum atomic E-state index is -0.977. The van der Waals surface area contributed by atoms with Gasteiger partial charge in [-0.2, -0.15) is 0 Å². The Kier molecular flexibility index (Phi) is 5.88. The largest absolute Gasteiger partial charge is 0.468 e. The number of methoxy groups -OCH3 is 2. The van der Waals surface area contributed by atoms with E-state index in [2.05, 4.69) is 9.47 Å². The molecule has 0 N–H and O–H groups in total. The zero-order chi connectivity index (χ0) is 10.3. The van der Waals surface area contributed by atoms with Gasteiger partial charge in [-0.25, -0.2) is 0 Å². The van der Waals surface area contributed by atoms with E-state index < -0.39 is 17.9 Å². The third kappa shape index (κ3) is 3.89. The quantitative estimate of drug-likeness (QED) is 0.450. The highest BCUT2D eigenvalue weighted by atomic mass is 16.5. The first-order valence-corrected chi connectivity index (χ1v) is 3.90. The van der Waals surface area contributed by atoms with E-state index in [9.17, 15) is 9.59 Å². The van der Waals surface area contributed by atoms with Gasteiger partial charge < -0.3 is 14.2 Å². The average Bonchev–Trinajstić information content (AvgIpc) is 2.17. The van der Waals surface area contributed by atoms with Gasteiger partial charge >= 0.3 is 11.9 Å². The first-order chi connectivity index (χ1) is 6.17. The lowest BCUT2D eigenvalue weighted by molar-refractivity contribution is -0.161. The molecular formula is C8H14O5. The fourth-order valence-corrected chi connectivity index (χ4v) is 0.753. The Hall–Kier alpha value is -1.10. The number of hydrogen-bond donors (Lipinski definition) is 0. The van der Waals surface area contributed by atoms with Crippen molar-refractivity contribution < 1.29 is 23.8 Å². The predicted octanol–water partition coefficient (Wildman–Crippen LogP) is -0.0149. The second kappa shape index (κ2) is 6.42. The van der Waals surface area contributed by atoms with Gasteiger partial charge in [0.2, 0.25) is 0 Å². The Morgan fingerprint density at radius 3 is 1.92 bits per heavy atom. The topological polar surface area (TPSA) is 61.8 Å². The van der Waals surface area contributed by atoms with Gasteiger partial charge in [0.15, 0.2) is 5.92 Å². The number of ether oxygens (including phenoxy) is 3. The van der Waals surface area contributed by atoms with Crippen LogP contribution in [-0.2, 0) is 23.8 Å². The van der Waals surface area contributed by atoms with Gasteiger partial charge in [-0.1, -0.05) is 0 Å². The van der Waals surface area contributed by atoms with E-state index >= 15 is 0 Å². The van der Waals surface area contributed by atoms with Crippen LogP contribution >= 0.6 is 0 Å². The zero-order valence-electron chi connectivity index (χ0n) is 8.03. The van der Waals surface area contributed by atoms with Crippen molar-refractivity contribution in [3.63, 3.8) is 0 Å². The number of carbonyl (C=O) groups excluding carboxylic acids is 2. The van der Waals surface area contributed by atoms with Crippen LogP contribution < -0.4 is 0 Å². The smallest absolute Gasteiger partial charge is 0.322 e. The van der Waals surface area contributed by atoms with Crippen LogP contribution in [0.3, 0.4) is 0 Å². The fourth-order valence-electron chi connectivity index (χ4n) is 0.753. The van der Waals surface area contributed by atoms with E-state index in [1.54, 1.807) is 6.92 Å². The van der Waals surface area contributed by atoms with Gasteiger partial charge in [0.1, 0.15) is 0 Å². The average molecular weight is 190 g/mol. The molecule has 0 spiro atoms. The Balaban J connectivity index is 4.18. The Bertz CT molecular complexity index is 161.